The van der Waals surface area contributed by atoms with Crippen LogP contribution in [-0.2, 0) is 9.53 Å². The van der Waals surface area contributed by atoms with Crippen molar-refractivity contribution < 1.29 is 9.53 Å². The molecular formula is C12H17NO2. The first-order valence-corrected chi connectivity index (χ1v) is 4.77. The van der Waals surface area contributed by atoms with Gasteiger partial charge in [0.2, 0.25) is 0 Å². The zero-order valence-corrected chi connectivity index (χ0v) is 9.54. The largest absolute Gasteiger partial charge is 0.380 e. The summed E-state index contributed by atoms with van der Waals surface area (Å²) in [5.74, 6) is 5.80. The number of carbonyl (C=O) groups is 1. The third kappa shape index (κ3) is 7.65. The molecule has 0 unspecified atom stereocenters. The second kappa shape index (κ2) is 9.17. The van der Waals surface area contributed by atoms with Crippen molar-refractivity contribution in [3.8, 4) is 11.8 Å². The monoisotopic (exact) mass is 207 g/mol. The number of aliphatic imine (C=N–C) groups is 1. The van der Waals surface area contributed by atoms with Gasteiger partial charge in [0.25, 0.3) is 0 Å². The van der Waals surface area contributed by atoms with Gasteiger partial charge in [-0.25, -0.2) is 0 Å². The lowest BCUT2D eigenvalue weighted by Gasteiger charge is -2.01. The quantitative estimate of drug-likeness (QED) is 0.377. The molecule has 15 heavy (non-hydrogen) atoms. The van der Waals surface area contributed by atoms with Crippen LogP contribution in [0, 0.1) is 11.8 Å². The van der Waals surface area contributed by atoms with Crippen molar-refractivity contribution in [3.05, 3.63) is 11.6 Å². The Hall–Kier alpha value is -1.40. The first kappa shape index (κ1) is 13.6. The fourth-order valence-corrected chi connectivity index (χ4v) is 1.05. The predicted octanol–water partition coefficient (Wildman–Crippen LogP) is 1.63. The maximum Gasteiger partial charge on any atom is 0.141 e. The summed E-state index contributed by atoms with van der Waals surface area (Å²) in [6.45, 7) is 4.42. The molecule has 0 amide bonds. The molecule has 0 heterocycles. The molecule has 0 N–H and O–H groups in total. The molecule has 0 spiro atoms. The van der Waals surface area contributed by atoms with Crippen LogP contribution in [0.15, 0.2) is 16.6 Å². The lowest BCUT2D eigenvalue weighted by atomic mass is 10.1. The second-order valence-electron chi connectivity index (χ2n) is 2.99. The molecule has 0 saturated carbocycles. The number of ether oxygens (including phenoxy) is 1. The Morgan fingerprint density at radius 3 is 2.80 bits per heavy atom. The van der Waals surface area contributed by atoms with Gasteiger partial charge in [0.1, 0.15) is 6.29 Å². The summed E-state index contributed by atoms with van der Waals surface area (Å²) >= 11 is 0. The molecule has 0 fully saturated rings. The third-order valence-corrected chi connectivity index (χ3v) is 1.65. The molecule has 0 aliphatic rings. The Balaban J connectivity index is 4.47. The summed E-state index contributed by atoms with van der Waals surface area (Å²) in [6.07, 6.45) is 3.37. The van der Waals surface area contributed by atoms with E-state index in [4.69, 9.17) is 4.74 Å². The van der Waals surface area contributed by atoms with Gasteiger partial charge in [-0.1, -0.05) is 5.92 Å². The Labute approximate surface area is 91.2 Å². The predicted molar refractivity (Wildman–Crippen MR) is 62.1 cm³/mol. The standard InChI is InChI=1S/C12H17NO2/c1-4-5-6-12(10-15-3)9-11(2)13-7-8-14/h8-9H,6-7,10H2,1-3H3/b12-9+,13-11?. The maximum absolute atomic E-state index is 10.1. The Kier molecular flexibility index (Phi) is 8.31. The molecule has 0 rings (SSSR count). The van der Waals surface area contributed by atoms with Crippen LogP contribution in [0.4, 0.5) is 0 Å². The smallest absolute Gasteiger partial charge is 0.141 e. The van der Waals surface area contributed by atoms with E-state index in [0.29, 0.717) is 13.0 Å². The average Bonchev–Trinajstić information content (AvgIpc) is 2.23. The molecule has 0 bridgehead atoms. The van der Waals surface area contributed by atoms with Gasteiger partial charge in [-0.15, -0.1) is 5.92 Å². The zero-order chi connectivity index (χ0) is 11.5. The number of hydrogen-bond donors (Lipinski definition) is 0. The van der Waals surface area contributed by atoms with E-state index in [1.165, 1.54) is 0 Å². The van der Waals surface area contributed by atoms with Crippen molar-refractivity contribution in [1.29, 1.82) is 0 Å². The van der Waals surface area contributed by atoms with Gasteiger partial charge in [-0.3, -0.25) is 4.99 Å². The Morgan fingerprint density at radius 2 is 2.27 bits per heavy atom. The van der Waals surface area contributed by atoms with Crippen molar-refractivity contribution in [1.82, 2.24) is 0 Å². The van der Waals surface area contributed by atoms with Crippen LogP contribution in [0.2, 0.25) is 0 Å². The lowest BCUT2D eigenvalue weighted by molar-refractivity contribution is -0.106. The van der Waals surface area contributed by atoms with Gasteiger partial charge in [-0.2, -0.15) is 0 Å². The number of hydrogen-bond acceptors (Lipinski definition) is 3. The highest BCUT2D eigenvalue weighted by Gasteiger charge is 1.95. The van der Waals surface area contributed by atoms with Crippen LogP contribution in [0.5, 0.6) is 0 Å². The summed E-state index contributed by atoms with van der Waals surface area (Å²) in [7, 11) is 1.64. The van der Waals surface area contributed by atoms with Crippen molar-refractivity contribution in [2.75, 3.05) is 20.3 Å². The maximum atomic E-state index is 10.1. The van der Waals surface area contributed by atoms with Crippen LogP contribution < -0.4 is 0 Å². The number of rotatable bonds is 6. The normalized spacial score (nSPS) is 11.9. The molecule has 3 heteroatoms. The Bertz CT molecular complexity index is 305. The topological polar surface area (TPSA) is 38.7 Å². The van der Waals surface area contributed by atoms with E-state index in [1.54, 1.807) is 14.0 Å². The van der Waals surface area contributed by atoms with Gasteiger partial charge >= 0.3 is 0 Å². The van der Waals surface area contributed by atoms with Crippen molar-refractivity contribution in [3.63, 3.8) is 0 Å². The second-order valence-corrected chi connectivity index (χ2v) is 2.99. The fraction of sp³-hybridized carbons (Fsp3) is 0.500. The molecule has 0 aliphatic heterocycles. The first-order chi connectivity index (χ1) is 7.24. The van der Waals surface area contributed by atoms with Crippen molar-refractivity contribution in [2.45, 2.75) is 20.3 Å². The minimum absolute atomic E-state index is 0.210. The SMILES string of the molecule is CC#CC/C(=C\C(C)=NCC=O)COC. The number of aldehydes is 1. The van der Waals surface area contributed by atoms with Gasteiger partial charge < -0.3 is 9.53 Å². The molecular weight excluding hydrogens is 190 g/mol. The van der Waals surface area contributed by atoms with Crippen LogP contribution >= 0.6 is 0 Å². The summed E-state index contributed by atoms with van der Waals surface area (Å²) in [4.78, 5) is 14.2. The van der Waals surface area contributed by atoms with Gasteiger partial charge in [-0.05, 0) is 25.5 Å². The van der Waals surface area contributed by atoms with E-state index in [9.17, 15) is 4.79 Å². The summed E-state index contributed by atoms with van der Waals surface area (Å²) < 4.78 is 5.05. The molecule has 0 aromatic heterocycles. The van der Waals surface area contributed by atoms with Crippen LogP contribution in [-0.4, -0.2) is 32.3 Å². The molecule has 0 aromatic carbocycles. The summed E-state index contributed by atoms with van der Waals surface area (Å²) in [6, 6.07) is 0. The van der Waals surface area contributed by atoms with E-state index in [0.717, 1.165) is 17.6 Å². The Morgan fingerprint density at radius 1 is 1.53 bits per heavy atom. The van der Waals surface area contributed by atoms with Crippen LogP contribution in [0.1, 0.15) is 20.3 Å². The van der Waals surface area contributed by atoms with Crippen LogP contribution in [0.3, 0.4) is 0 Å². The number of carbonyl (C=O) groups excluding carboxylic acids is 1. The van der Waals surface area contributed by atoms with E-state index in [1.807, 2.05) is 13.0 Å². The highest BCUT2D eigenvalue weighted by molar-refractivity contribution is 5.94. The number of methoxy groups -OCH3 is 1. The minimum Gasteiger partial charge on any atom is -0.380 e. The van der Waals surface area contributed by atoms with E-state index in [-0.39, 0.29) is 6.54 Å². The van der Waals surface area contributed by atoms with Gasteiger partial charge in [0.15, 0.2) is 0 Å². The van der Waals surface area contributed by atoms with Gasteiger partial charge in [0.05, 0.1) is 13.2 Å². The lowest BCUT2D eigenvalue weighted by Crippen LogP contribution is -1.98. The van der Waals surface area contributed by atoms with Crippen LogP contribution in [0.25, 0.3) is 0 Å². The summed E-state index contributed by atoms with van der Waals surface area (Å²) in [5, 5.41) is 0. The van der Waals surface area contributed by atoms with E-state index < -0.39 is 0 Å². The molecule has 0 atom stereocenters. The number of nitrogens with zero attached hydrogens (tertiary/aromatic N) is 1. The number of allylic oxidation sites excluding steroid dienone is 1. The molecule has 0 radical (unpaired) electrons. The first-order valence-electron chi connectivity index (χ1n) is 4.77. The third-order valence-electron chi connectivity index (χ3n) is 1.65. The minimum atomic E-state index is 0.210. The van der Waals surface area contributed by atoms with E-state index >= 15 is 0 Å². The van der Waals surface area contributed by atoms with Gasteiger partial charge in [0, 0.05) is 19.2 Å². The highest BCUT2D eigenvalue weighted by Crippen LogP contribution is 2.01. The van der Waals surface area contributed by atoms with Crippen molar-refractivity contribution in [2.24, 2.45) is 4.99 Å². The molecule has 3 nitrogen and oxygen atoms in total. The van der Waals surface area contributed by atoms with E-state index in [2.05, 4.69) is 16.8 Å². The highest BCUT2D eigenvalue weighted by atomic mass is 16.5. The zero-order valence-electron chi connectivity index (χ0n) is 9.54. The summed E-state index contributed by atoms with van der Waals surface area (Å²) in [5.41, 5.74) is 1.89. The van der Waals surface area contributed by atoms with Crippen molar-refractivity contribution >= 4 is 12.0 Å². The molecule has 0 aromatic rings. The molecule has 82 valence electrons. The fourth-order valence-electron chi connectivity index (χ4n) is 1.05. The molecule has 0 saturated heterocycles. The average molecular weight is 207 g/mol. The molecule has 0 aliphatic carbocycles.